The second-order valence-corrected chi connectivity index (χ2v) is 7.73. The van der Waals surface area contributed by atoms with Crippen LogP contribution in [-0.4, -0.2) is 54.9 Å². The van der Waals surface area contributed by atoms with E-state index in [1.165, 1.54) is 7.11 Å². The normalized spacial score (nSPS) is 27.2. The summed E-state index contributed by atoms with van der Waals surface area (Å²) in [5.74, 6) is -1.88. The minimum absolute atomic E-state index is 0.318. The number of alkyl halides is 2. The zero-order chi connectivity index (χ0) is 20.5. The summed E-state index contributed by atoms with van der Waals surface area (Å²) in [6.07, 6.45) is 0.0539. The number of hydrogen-bond acceptors (Lipinski definition) is 6. The van der Waals surface area contributed by atoms with Gasteiger partial charge in [-0.05, 0) is 18.4 Å². The predicted molar refractivity (Wildman–Crippen MR) is 108 cm³/mol. The highest BCUT2D eigenvalue weighted by molar-refractivity contribution is 9.09. The second kappa shape index (κ2) is 11.8. The Kier molecular flexibility index (Phi) is 9.71. The summed E-state index contributed by atoms with van der Waals surface area (Å²) in [6.45, 7) is 2.61. The SMILES string of the molecule is CCCCOC1C(Cc2ccccc2)[C@H](OC(=O)CCl)C(C(=O)OC)O[C@@H]1Br. The fourth-order valence-electron chi connectivity index (χ4n) is 3.22. The molecular formula is C20H26BrClO6. The highest BCUT2D eigenvalue weighted by Crippen LogP contribution is 2.36. The Balaban J connectivity index is 2.35. The van der Waals surface area contributed by atoms with E-state index >= 15 is 0 Å². The summed E-state index contributed by atoms with van der Waals surface area (Å²) in [4.78, 5) is 24.3. The van der Waals surface area contributed by atoms with Crippen LogP contribution in [0.25, 0.3) is 0 Å². The van der Waals surface area contributed by atoms with Gasteiger partial charge in [0.05, 0.1) is 7.11 Å². The van der Waals surface area contributed by atoms with E-state index in [9.17, 15) is 9.59 Å². The molecule has 1 saturated heterocycles. The molecule has 6 nitrogen and oxygen atoms in total. The minimum Gasteiger partial charge on any atom is -0.467 e. The van der Waals surface area contributed by atoms with Gasteiger partial charge in [0.25, 0.3) is 0 Å². The Labute approximate surface area is 178 Å². The summed E-state index contributed by atoms with van der Waals surface area (Å²) < 4.78 is 22.3. The number of carbonyl (C=O) groups is 2. The third-order valence-corrected chi connectivity index (χ3v) is 5.56. The number of ether oxygens (including phenoxy) is 4. The van der Waals surface area contributed by atoms with E-state index in [-0.39, 0.29) is 11.8 Å². The first kappa shape index (κ1) is 23.1. The van der Waals surface area contributed by atoms with Crippen molar-refractivity contribution >= 4 is 39.5 Å². The lowest BCUT2D eigenvalue weighted by Crippen LogP contribution is -2.58. The van der Waals surface area contributed by atoms with Crippen LogP contribution in [-0.2, 0) is 35.0 Å². The fraction of sp³-hybridized carbons (Fsp3) is 0.600. The van der Waals surface area contributed by atoms with Crippen molar-refractivity contribution in [1.82, 2.24) is 0 Å². The van der Waals surface area contributed by atoms with Gasteiger partial charge in [0.1, 0.15) is 23.1 Å². The molecule has 0 N–H and O–H groups in total. The van der Waals surface area contributed by atoms with Gasteiger partial charge in [-0.3, -0.25) is 4.79 Å². The molecule has 8 heteroatoms. The molecular weight excluding hydrogens is 452 g/mol. The van der Waals surface area contributed by atoms with E-state index in [0.717, 1.165) is 18.4 Å². The minimum atomic E-state index is -1.07. The highest BCUT2D eigenvalue weighted by atomic mass is 79.9. The maximum absolute atomic E-state index is 12.3. The first-order chi connectivity index (χ1) is 13.5. The lowest BCUT2D eigenvalue weighted by atomic mass is 9.84. The van der Waals surface area contributed by atoms with Gasteiger partial charge in [0.15, 0.2) is 6.10 Å². The van der Waals surface area contributed by atoms with Crippen LogP contribution in [0.15, 0.2) is 30.3 Å². The van der Waals surface area contributed by atoms with Gasteiger partial charge in [0.2, 0.25) is 0 Å². The number of unbranched alkanes of at least 4 members (excludes halogenated alkanes) is 1. The van der Waals surface area contributed by atoms with Crippen LogP contribution >= 0.6 is 27.5 Å². The van der Waals surface area contributed by atoms with Crippen molar-refractivity contribution in [2.45, 2.75) is 49.5 Å². The van der Waals surface area contributed by atoms with Crippen LogP contribution < -0.4 is 0 Å². The molecule has 1 aliphatic heterocycles. The van der Waals surface area contributed by atoms with Gasteiger partial charge >= 0.3 is 11.9 Å². The van der Waals surface area contributed by atoms with E-state index in [0.29, 0.717) is 13.0 Å². The Bertz CT molecular complexity index is 628. The number of hydrogen-bond donors (Lipinski definition) is 0. The molecule has 1 aromatic rings. The lowest BCUT2D eigenvalue weighted by Gasteiger charge is -2.43. The predicted octanol–water partition coefficient (Wildman–Crippen LogP) is 3.47. The van der Waals surface area contributed by atoms with Crippen molar-refractivity contribution in [1.29, 1.82) is 0 Å². The van der Waals surface area contributed by atoms with E-state index in [1.54, 1.807) is 0 Å². The summed E-state index contributed by atoms with van der Waals surface area (Å²) in [5.41, 5.74) is 1.04. The van der Waals surface area contributed by atoms with E-state index in [2.05, 4.69) is 22.9 Å². The molecule has 1 heterocycles. The first-order valence-electron chi connectivity index (χ1n) is 9.30. The summed E-state index contributed by atoms with van der Waals surface area (Å²) >= 11 is 9.12. The molecule has 0 radical (unpaired) electrons. The third-order valence-electron chi connectivity index (χ3n) is 4.61. The topological polar surface area (TPSA) is 71.1 Å². The summed E-state index contributed by atoms with van der Waals surface area (Å²) in [5, 5.41) is -0.548. The van der Waals surface area contributed by atoms with E-state index in [4.69, 9.17) is 30.5 Å². The Hall–Kier alpha value is -1.15. The maximum Gasteiger partial charge on any atom is 0.338 e. The number of halogens is 2. The molecule has 0 spiro atoms. The van der Waals surface area contributed by atoms with Crippen molar-refractivity contribution < 1.29 is 28.5 Å². The van der Waals surface area contributed by atoms with Crippen molar-refractivity contribution in [3.63, 3.8) is 0 Å². The molecule has 156 valence electrons. The molecule has 0 amide bonds. The maximum atomic E-state index is 12.3. The van der Waals surface area contributed by atoms with Crippen molar-refractivity contribution in [3.05, 3.63) is 35.9 Å². The fourth-order valence-corrected chi connectivity index (χ4v) is 4.06. The van der Waals surface area contributed by atoms with Crippen LogP contribution in [0.4, 0.5) is 0 Å². The van der Waals surface area contributed by atoms with Crippen LogP contribution in [0.3, 0.4) is 0 Å². The Morgan fingerprint density at radius 2 is 1.93 bits per heavy atom. The summed E-state index contributed by atoms with van der Waals surface area (Å²) in [7, 11) is 1.27. The lowest BCUT2D eigenvalue weighted by molar-refractivity contribution is -0.213. The van der Waals surface area contributed by atoms with Crippen LogP contribution in [0.5, 0.6) is 0 Å². The zero-order valence-electron chi connectivity index (χ0n) is 16.0. The Morgan fingerprint density at radius 1 is 1.21 bits per heavy atom. The number of rotatable bonds is 9. The number of benzene rings is 1. The van der Waals surface area contributed by atoms with Gasteiger partial charge in [-0.15, -0.1) is 11.6 Å². The molecule has 5 atom stereocenters. The highest BCUT2D eigenvalue weighted by Gasteiger charge is 2.50. The standard InChI is InChI=1S/C20H26BrClO6/c1-3-4-10-26-17-14(11-13-8-6-5-7-9-13)16(27-15(23)12-22)18(20(24)25-2)28-19(17)21/h5-9,14,16-19H,3-4,10-12H2,1-2H3/t14?,16-,17?,18?,19-/m0/s1. The van der Waals surface area contributed by atoms with Crippen molar-refractivity contribution in [2.75, 3.05) is 19.6 Å². The zero-order valence-corrected chi connectivity index (χ0v) is 18.4. The number of esters is 2. The average molecular weight is 478 g/mol. The molecule has 0 bridgehead atoms. The smallest absolute Gasteiger partial charge is 0.338 e. The van der Waals surface area contributed by atoms with Crippen LogP contribution in [0.1, 0.15) is 25.3 Å². The third kappa shape index (κ3) is 6.17. The molecule has 3 unspecified atom stereocenters. The van der Waals surface area contributed by atoms with E-state index in [1.807, 2.05) is 30.3 Å². The number of carbonyl (C=O) groups excluding carboxylic acids is 2. The van der Waals surface area contributed by atoms with Gasteiger partial charge in [0, 0.05) is 12.5 Å². The van der Waals surface area contributed by atoms with Crippen LogP contribution in [0.2, 0.25) is 0 Å². The quantitative estimate of drug-likeness (QED) is 0.308. The van der Waals surface area contributed by atoms with Crippen molar-refractivity contribution in [3.8, 4) is 0 Å². The second-order valence-electron chi connectivity index (χ2n) is 6.56. The monoisotopic (exact) mass is 476 g/mol. The molecule has 28 heavy (non-hydrogen) atoms. The molecule has 0 saturated carbocycles. The summed E-state index contributed by atoms with van der Waals surface area (Å²) in [6, 6.07) is 9.76. The van der Waals surface area contributed by atoms with Gasteiger partial charge in [-0.25, -0.2) is 4.79 Å². The Morgan fingerprint density at radius 3 is 2.54 bits per heavy atom. The van der Waals surface area contributed by atoms with Crippen LogP contribution in [0, 0.1) is 5.92 Å². The average Bonchev–Trinajstić information content (AvgIpc) is 2.71. The number of methoxy groups -OCH3 is 1. The molecule has 0 aromatic heterocycles. The molecule has 1 aliphatic rings. The molecule has 0 aliphatic carbocycles. The first-order valence-corrected chi connectivity index (χ1v) is 10.7. The molecule has 2 rings (SSSR count). The van der Waals surface area contributed by atoms with Crippen molar-refractivity contribution in [2.24, 2.45) is 5.92 Å². The largest absolute Gasteiger partial charge is 0.467 e. The van der Waals surface area contributed by atoms with Gasteiger partial charge < -0.3 is 18.9 Å². The van der Waals surface area contributed by atoms with E-state index < -0.39 is 35.3 Å². The van der Waals surface area contributed by atoms with Gasteiger partial charge in [-0.1, -0.05) is 59.6 Å². The van der Waals surface area contributed by atoms with Gasteiger partial charge in [-0.2, -0.15) is 0 Å². The molecule has 1 fully saturated rings. The molecule has 1 aromatic carbocycles.